The molecular formula is C20H23ClN4O3. The summed E-state index contributed by atoms with van der Waals surface area (Å²) in [5, 5.41) is 0.605. The number of carbonyl (C=O) groups is 2. The van der Waals surface area contributed by atoms with Gasteiger partial charge < -0.3 is 15.6 Å². The highest BCUT2D eigenvalue weighted by molar-refractivity contribution is 6.30. The third kappa shape index (κ3) is 4.42. The fourth-order valence-corrected chi connectivity index (χ4v) is 3.61. The number of primary amides is 1. The molecule has 2 aromatic rings. The summed E-state index contributed by atoms with van der Waals surface area (Å²) in [7, 11) is 0. The van der Waals surface area contributed by atoms with Crippen LogP contribution in [0.2, 0.25) is 5.02 Å². The molecule has 1 aliphatic rings. The number of H-pyrrole nitrogens is 1. The van der Waals surface area contributed by atoms with Gasteiger partial charge in [-0.2, -0.15) is 0 Å². The fraction of sp³-hybridized carbons (Fsp3) is 0.400. The van der Waals surface area contributed by atoms with Crippen LogP contribution in [0.4, 0.5) is 0 Å². The molecule has 2 heterocycles. The SMILES string of the molecule is CCCCC1CN(C(=O)CC(N)=O)Cc2c1nc(-c1ccc(Cl)cc1)[nH]c2=O. The molecule has 1 atom stereocenters. The lowest BCUT2D eigenvalue weighted by molar-refractivity contribution is -0.136. The number of hydrogen-bond donors (Lipinski definition) is 2. The Morgan fingerprint density at radius 2 is 2.04 bits per heavy atom. The maximum Gasteiger partial charge on any atom is 0.256 e. The van der Waals surface area contributed by atoms with Gasteiger partial charge in [0.05, 0.1) is 17.8 Å². The summed E-state index contributed by atoms with van der Waals surface area (Å²) < 4.78 is 0. The third-order valence-electron chi connectivity index (χ3n) is 4.93. The van der Waals surface area contributed by atoms with E-state index in [-0.39, 0.29) is 30.3 Å². The standard InChI is InChI=1S/C20H23ClN4O3/c1-2-3-4-13-10-25(17(27)9-16(22)26)11-15-18(13)23-19(24-20(15)28)12-5-7-14(21)8-6-12/h5-8,13H,2-4,9-11H2,1H3,(H2,22,26)(H,23,24,28). The number of nitrogens with two attached hydrogens (primary N) is 1. The molecule has 0 saturated heterocycles. The molecule has 2 amide bonds. The first-order valence-electron chi connectivity index (χ1n) is 9.34. The van der Waals surface area contributed by atoms with Crippen molar-refractivity contribution in [3.63, 3.8) is 0 Å². The van der Waals surface area contributed by atoms with Gasteiger partial charge in [0, 0.05) is 23.0 Å². The van der Waals surface area contributed by atoms with Gasteiger partial charge in [0.15, 0.2) is 0 Å². The van der Waals surface area contributed by atoms with Crippen molar-refractivity contribution in [3.05, 3.63) is 50.9 Å². The van der Waals surface area contributed by atoms with E-state index in [9.17, 15) is 14.4 Å². The van der Waals surface area contributed by atoms with Gasteiger partial charge in [-0.15, -0.1) is 0 Å². The normalized spacial score (nSPS) is 15.9. The maximum atomic E-state index is 12.8. The zero-order chi connectivity index (χ0) is 20.3. The first kappa shape index (κ1) is 20.1. The Bertz CT molecular complexity index is 939. The van der Waals surface area contributed by atoms with Gasteiger partial charge in [-0.25, -0.2) is 4.98 Å². The van der Waals surface area contributed by atoms with Crippen molar-refractivity contribution in [3.8, 4) is 11.4 Å². The molecule has 0 radical (unpaired) electrons. The quantitative estimate of drug-likeness (QED) is 0.723. The Morgan fingerprint density at radius 1 is 1.32 bits per heavy atom. The lowest BCUT2D eigenvalue weighted by Gasteiger charge is -2.33. The minimum Gasteiger partial charge on any atom is -0.369 e. The van der Waals surface area contributed by atoms with E-state index in [0.29, 0.717) is 23.0 Å². The number of carbonyl (C=O) groups excluding carboxylic acids is 2. The van der Waals surface area contributed by atoms with Crippen LogP contribution in [0, 0.1) is 0 Å². The average Bonchev–Trinajstić information content (AvgIpc) is 2.66. The molecule has 7 nitrogen and oxygen atoms in total. The van der Waals surface area contributed by atoms with Crippen molar-refractivity contribution >= 4 is 23.4 Å². The predicted molar refractivity (Wildman–Crippen MR) is 107 cm³/mol. The zero-order valence-electron chi connectivity index (χ0n) is 15.7. The summed E-state index contributed by atoms with van der Waals surface area (Å²) in [6.45, 7) is 2.65. The van der Waals surface area contributed by atoms with Crippen molar-refractivity contribution < 1.29 is 9.59 Å². The number of nitrogens with zero attached hydrogens (tertiary/aromatic N) is 2. The van der Waals surface area contributed by atoms with Crippen LogP contribution in [0.3, 0.4) is 0 Å². The molecule has 28 heavy (non-hydrogen) atoms. The van der Waals surface area contributed by atoms with Gasteiger partial charge in [-0.3, -0.25) is 14.4 Å². The highest BCUT2D eigenvalue weighted by Crippen LogP contribution is 2.30. The summed E-state index contributed by atoms with van der Waals surface area (Å²) in [5.41, 5.74) is 6.86. The fourth-order valence-electron chi connectivity index (χ4n) is 3.49. The number of unbranched alkanes of at least 4 members (excludes halogenated alkanes) is 1. The van der Waals surface area contributed by atoms with E-state index < -0.39 is 5.91 Å². The summed E-state index contributed by atoms with van der Waals surface area (Å²) in [4.78, 5) is 45.3. The van der Waals surface area contributed by atoms with Gasteiger partial charge in [0.2, 0.25) is 11.8 Å². The van der Waals surface area contributed by atoms with Crippen LogP contribution in [-0.4, -0.2) is 33.2 Å². The predicted octanol–water partition coefficient (Wildman–Crippen LogP) is 2.58. The summed E-state index contributed by atoms with van der Waals surface area (Å²) in [6.07, 6.45) is 2.39. The Morgan fingerprint density at radius 3 is 2.68 bits per heavy atom. The molecule has 1 aromatic heterocycles. The van der Waals surface area contributed by atoms with Gasteiger partial charge in [-0.05, 0) is 30.7 Å². The molecule has 0 spiro atoms. The molecule has 0 saturated carbocycles. The van der Waals surface area contributed by atoms with E-state index in [1.165, 1.54) is 4.90 Å². The minimum absolute atomic E-state index is 0.0612. The van der Waals surface area contributed by atoms with Crippen LogP contribution in [0.15, 0.2) is 29.1 Å². The van der Waals surface area contributed by atoms with E-state index in [2.05, 4.69) is 11.9 Å². The lowest BCUT2D eigenvalue weighted by atomic mass is 9.90. The van der Waals surface area contributed by atoms with Crippen molar-refractivity contribution in [1.82, 2.24) is 14.9 Å². The second kappa shape index (κ2) is 8.56. The number of nitrogens with one attached hydrogen (secondary N) is 1. The molecule has 1 aliphatic heterocycles. The highest BCUT2D eigenvalue weighted by atomic mass is 35.5. The minimum atomic E-state index is -0.675. The van der Waals surface area contributed by atoms with Crippen LogP contribution in [0.5, 0.6) is 0 Å². The molecule has 1 aromatic carbocycles. The number of rotatable bonds is 6. The van der Waals surface area contributed by atoms with Crippen molar-refractivity contribution in [2.75, 3.05) is 6.54 Å². The summed E-state index contributed by atoms with van der Waals surface area (Å²) in [6, 6.07) is 7.10. The van der Waals surface area contributed by atoms with E-state index in [1.807, 2.05) is 0 Å². The Balaban J connectivity index is 2.00. The van der Waals surface area contributed by atoms with Gasteiger partial charge in [-0.1, -0.05) is 31.4 Å². The molecule has 1 unspecified atom stereocenters. The van der Waals surface area contributed by atoms with E-state index in [0.717, 1.165) is 30.5 Å². The van der Waals surface area contributed by atoms with Crippen molar-refractivity contribution in [2.24, 2.45) is 5.73 Å². The molecular weight excluding hydrogens is 380 g/mol. The lowest BCUT2D eigenvalue weighted by Crippen LogP contribution is -2.43. The number of halogens is 1. The topological polar surface area (TPSA) is 109 Å². The van der Waals surface area contributed by atoms with E-state index in [1.54, 1.807) is 24.3 Å². The summed E-state index contributed by atoms with van der Waals surface area (Å²) >= 11 is 5.95. The molecule has 3 N–H and O–H groups in total. The highest BCUT2D eigenvalue weighted by Gasteiger charge is 2.31. The Hall–Kier alpha value is -2.67. The second-order valence-electron chi connectivity index (χ2n) is 7.04. The van der Waals surface area contributed by atoms with E-state index >= 15 is 0 Å². The largest absolute Gasteiger partial charge is 0.369 e. The Labute approximate surface area is 167 Å². The van der Waals surface area contributed by atoms with Crippen LogP contribution < -0.4 is 11.3 Å². The number of benzene rings is 1. The van der Waals surface area contributed by atoms with Gasteiger partial charge >= 0.3 is 0 Å². The molecule has 3 rings (SSSR count). The molecule has 0 fully saturated rings. The number of aromatic amines is 1. The average molecular weight is 403 g/mol. The zero-order valence-corrected chi connectivity index (χ0v) is 16.5. The van der Waals surface area contributed by atoms with Crippen molar-refractivity contribution in [2.45, 2.75) is 45.1 Å². The van der Waals surface area contributed by atoms with Crippen LogP contribution in [0.1, 0.15) is 49.8 Å². The van der Waals surface area contributed by atoms with Gasteiger partial charge in [0.25, 0.3) is 5.56 Å². The molecule has 8 heteroatoms. The monoisotopic (exact) mass is 402 g/mol. The first-order valence-corrected chi connectivity index (χ1v) is 9.72. The number of amides is 2. The van der Waals surface area contributed by atoms with Crippen LogP contribution in [0.25, 0.3) is 11.4 Å². The summed E-state index contributed by atoms with van der Waals surface area (Å²) in [5.74, 6) is -0.612. The molecule has 0 aliphatic carbocycles. The first-order chi connectivity index (χ1) is 13.4. The third-order valence-corrected chi connectivity index (χ3v) is 5.18. The van der Waals surface area contributed by atoms with Crippen LogP contribution in [-0.2, 0) is 16.1 Å². The number of hydrogen-bond acceptors (Lipinski definition) is 4. The van der Waals surface area contributed by atoms with Crippen LogP contribution >= 0.6 is 11.6 Å². The maximum absolute atomic E-state index is 12.8. The van der Waals surface area contributed by atoms with E-state index in [4.69, 9.17) is 22.3 Å². The Kier molecular flexibility index (Phi) is 6.14. The molecule has 0 bridgehead atoms. The van der Waals surface area contributed by atoms with Gasteiger partial charge in [0.1, 0.15) is 12.2 Å². The van der Waals surface area contributed by atoms with Crippen molar-refractivity contribution in [1.29, 1.82) is 0 Å². The smallest absolute Gasteiger partial charge is 0.256 e. The number of fused-ring (bicyclic) bond motifs is 1. The molecule has 148 valence electrons. The number of aromatic nitrogens is 2. The second-order valence-corrected chi connectivity index (χ2v) is 7.48.